The van der Waals surface area contributed by atoms with Crippen molar-refractivity contribution in [2.45, 2.75) is 6.18 Å². The summed E-state index contributed by atoms with van der Waals surface area (Å²) in [5.74, 6) is -4.39. The van der Waals surface area contributed by atoms with Crippen LogP contribution in [-0.2, 0) is 4.79 Å². The quantitative estimate of drug-likeness (QED) is 0.360. The number of rotatable bonds is 4. The molecule has 0 fully saturated rings. The molecule has 1 heterocycles. The van der Waals surface area contributed by atoms with Crippen molar-refractivity contribution in [3.8, 4) is 6.07 Å². The van der Waals surface area contributed by atoms with Gasteiger partial charge in [-0.3, -0.25) is 4.79 Å². The number of benzene rings is 1. The Labute approximate surface area is 142 Å². The molecule has 1 aromatic carbocycles. The van der Waals surface area contributed by atoms with Gasteiger partial charge < -0.3 is 5.11 Å². The van der Waals surface area contributed by atoms with Crippen molar-refractivity contribution >= 4 is 28.6 Å². The number of hydrogen-bond donors (Lipinski definition) is 1. The molecule has 0 saturated heterocycles. The molecule has 0 aliphatic carbocycles. The third kappa shape index (κ3) is 4.07. The van der Waals surface area contributed by atoms with Gasteiger partial charge in [-0.2, -0.15) is 18.4 Å². The molecule has 1 aromatic heterocycles. The molecule has 5 nitrogen and oxygen atoms in total. The molecule has 0 saturated carbocycles. The van der Waals surface area contributed by atoms with Gasteiger partial charge in [-0.1, -0.05) is 12.1 Å². The minimum Gasteiger partial charge on any atom is -0.504 e. The summed E-state index contributed by atoms with van der Waals surface area (Å²) in [6.07, 6.45) is -5.31. The Balaban J connectivity index is 2.56. The Kier molecular flexibility index (Phi) is 5.29. The van der Waals surface area contributed by atoms with Gasteiger partial charge in [0.25, 0.3) is 5.78 Å². The summed E-state index contributed by atoms with van der Waals surface area (Å²) in [6, 6.07) is 7.47. The fourth-order valence-electron chi connectivity index (χ4n) is 1.68. The van der Waals surface area contributed by atoms with Crippen LogP contribution in [0.25, 0.3) is 5.76 Å². The maximum Gasteiger partial charge on any atom is 0.456 e. The highest BCUT2D eigenvalue weighted by Gasteiger charge is 2.43. The van der Waals surface area contributed by atoms with Crippen LogP contribution in [0.15, 0.2) is 51.6 Å². The predicted molar refractivity (Wildman–Crippen MR) is 80.6 cm³/mol. The van der Waals surface area contributed by atoms with Gasteiger partial charge in [-0.25, -0.2) is 4.39 Å². The number of azo groups is 1. The van der Waals surface area contributed by atoms with Crippen molar-refractivity contribution in [2.75, 3.05) is 0 Å². The number of carbonyl (C=O) groups excluding carboxylic acids is 1. The van der Waals surface area contributed by atoms with Crippen molar-refractivity contribution < 1.29 is 27.5 Å². The number of aliphatic hydroxyl groups is 1. The van der Waals surface area contributed by atoms with Crippen LogP contribution >= 0.6 is 11.3 Å². The Hall–Kier alpha value is -3.06. The van der Waals surface area contributed by atoms with Crippen LogP contribution in [0.2, 0.25) is 0 Å². The lowest BCUT2D eigenvalue weighted by molar-refractivity contribution is -0.166. The number of ketones is 1. The van der Waals surface area contributed by atoms with Crippen LogP contribution in [0.5, 0.6) is 0 Å². The van der Waals surface area contributed by atoms with Crippen LogP contribution in [0.3, 0.4) is 0 Å². The summed E-state index contributed by atoms with van der Waals surface area (Å²) in [4.78, 5) is 11.5. The van der Waals surface area contributed by atoms with Gasteiger partial charge in [0.05, 0.1) is 4.88 Å². The van der Waals surface area contributed by atoms with Gasteiger partial charge in [0, 0.05) is 0 Å². The number of nitrogens with zero attached hydrogens (tertiary/aromatic N) is 3. The van der Waals surface area contributed by atoms with Crippen LogP contribution in [0, 0.1) is 17.1 Å². The number of hydrogen-bond acceptors (Lipinski definition) is 6. The number of halogens is 4. The second kappa shape index (κ2) is 7.23. The first-order chi connectivity index (χ1) is 11.8. The molecule has 0 unspecified atom stereocenters. The van der Waals surface area contributed by atoms with E-state index in [0.29, 0.717) is 0 Å². The lowest BCUT2D eigenvalue weighted by Gasteiger charge is -2.07. The Bertz CT molecular complexity index is 896. The fraction of sp³-hybridized carbons (Fsp3) is 0.0667. The van der Waals surface area contributed by atoms with Gasteiger partial charge in [-0.15, -0.1) is 21.6 Å². The van der Waals surface area contributed by atoms with Crippen molar-refractivity contribution in [1.29, 1.82) is 5.26 Å². The smallest absolute Gasteiger partial charge is 0.456 e. The van der Waals surface area contributed by atoms with E-state index in [0.717, 1.165) is 23.5 Å². The highest BCUT2D eigenvalue weighted by molar-refractivity contribution is 7.11. The molecule has 1 N–H and O–H groups in total. The van der Waals surface area contributed by atoms with Crippen molar-refractivity contribution in [3.05, 3.63) is 57.7 Å². The topological polar surface area (TPSA) is 85.8 Å². The second-order valence-corrected chi connectivity index (χ2v) is 5.39. The summed E-state index contributed by atoms with van der Waals surface area (Å²) in [6.45, 7) is 0. The minimum atomic E-state index is -5.31. The van der Waals surface area contributed by atoms with Crippen molar-refractivity contribution in [1.82, 2.24) is 0 Å². The van der Waals surface area contributed by atoms with E-state index in [2.05, 4.69) is 10.2 Å². The zero-order valence-corrected chi connectivity index (χ0v) is 12.9. The van der Waals surface area contributed by atoms with Gasteiger partial charge in [0.2, 0.25) is 0 Å². The maximum absolute atomic E-state index is 13.5. The zero-order valence-electron chi connectivity index (χ0n) is 12.1. The van der Waals surface area contributed by atoms with E-state index >= 15 is 0 Å². The summed E-state index contributed by atoms with van der Waals surface area (Å²) in [7, 11) is 0. The van der Waals surface area contributed by atoms with E-state index in [1.165, 1.54) is 29.6 Å². The molecule has 10 heteroatoms. The van der Waals surface area contributed by atoms with Crippen molar-refractivity contribution in [2.24, 2.45) is 10.2 Å². The standard InChI is InChI=1S/C15H7F4N3O2S/c16-9-3-1-4-10(8(9)7-20)21-22-12(14(24)15(17,18)19)13(23)11-5-2-6-25-11/h1-6,23H/b13-12+,22-21?. The number of nitriles is 1. The van der Waals surface area contributed by atoms with Gasteiger partial charge >= 0.3 is 6.18 Å². The summed E-state index contributed by atoms with van der Waals surface area (Å²) >= 11 is 0.878. The summed E-state index contributed by atoms with van der Waals surface area (Å²) in [5.41, 5.74) is -2.29. The number of allylic oxidation sites excluding steroid dienone is 1. The molecule has 0 atom stereocenters. The number of aliphatic hydroxyl groups excluding tert-OH is 1. The lowest BCUT2D eigenvalue weighted by Crippen LogP contribution is -2.24. The minimum absolute atomic E-state index is 0.0358. The molecular weight excluding hydrogens is 362 g/mol. The molecule has 0 radical (unpaired) electrons. The number of thiophene rings is 1. The number of carbonyl (C=O) groups is 1. The third-order valence-corrected chi connectivity index (χ3v) is 3.69. The first kappa shape index (κ1) is 18.3. The molecule has 0 bridgehead atoms. The second-order valence-electron chi connectivity index (χ2n) is 4.45. The SMILES string of the molecule is N#Cc1c(F)cccc1N=N/C(C(=O)C(F)(F)F)=C(/O)c1cccs1. The van der Waals surface area contributed by atoms with Gasteiger partial charge in [-0.05, 0) is 23.6 Å². The van der Waals surface area contributed by atoms with Gasteiger partial charge in [0.1, 0.15) is 23.1 Å². The van der Waals surface area contributed by atoms with E-state index in [9.17, 15) is 27.5 Å². The molecule has 0 amide bonds. The average Bonchev–Trinajstić information content (AvgIpc) is 3.08. The molecule has 25 heavy (non-hydrogen) atoms. The monoisotopic (exact) mass is 369 g/mol. The molecule has 2 aromatic rings. The Morgan fingerprint density at radius 2 is 1.96 bits per heavy atom. The Morgan fingerprint density at radius 1 is 1.24 bits per heavy atom. The highest BCUT2D eigenvalue weighted by Crippen LogP contribution is 2.30. The predicted octanol–water partition coefficient (Wildman–Crippen LogP) is 4.90. The fourth-order valence-corrected chi connectivity index (χ4v) is 2.34. The third-order valence-electron chi connectivity index (χ3n) is 2.81. The highest BCUT2D eigenvalue weighted by atomic mass is 32.1. The van der Waals surface area contributed by atoms with E-state index in [4.69, 9.17) is 5.26 Å². The molecule has 0 aliphatic rings. The number of alkyl halides is 3. The first-order valence-electron chi connectivity index (χ1n) is 6.44. The maximum atomic E-state index is 13.5. The van der Waals surface area contributed by atoms with Crippen molar-refractivity contribution in [3.63, 3.8) is 0 Å². The molecule has 2 rings (SSSR count). The average molecular weight is 369 g/mol. The zero-order chi connectivity index (χ0) is 18.6. The van der Waals surface area contributed by atoms with Crippen LogP contribution in [-0.4, -0.2) is 17.1 Å². The number of Topliss-reactive ketones (excluding diaryl/α,β-unsaturated/α-hetero) is 1. The molecular formula is C15H7F4N3O2S. The van der Waals surface area contributed by atoms with Crippen LogP contribution < -0.4 is 0 Å². The van der Waals surface area contributed by atoms with E-state index < -0.39 is 34.8 Å². The molecule has 128 valence electrons. The van der Waals surface area contributed by atoms with E-state index in [-0.39, 0.29) is 10.6 Å². The lowest BCUT2D eigenvalue weighted by atomic mass is 10.2. The van der Waals surface area contributed by atoms with Crippen LogP contribution in [0.4, 0.5) is 23.2 Å². The summed E-state index contributed by atoms with van der Waals surface area (Å²) < 4.78 is 51.7. The van der Waals surface area contributed by atoms with Gasteiger partial charge in [0.15, 0.2) is 11.5 Å². The molecule has 0 aliphatic heterocycles. The normalized spacial score (nSPS) is 12.8. The Morgan fingerprint density at radius 3 is 2.52 bits per heavy atom. The molecule has 0 spiro atoms. The largest absolute Gasteiger partial charge is 0.504 e. The van der Waals surface area contributed by atoms with E-state index in [1.54, 1.807) is 0 Å². The summed E-state index contributed by atoms with van der Waals surface area (Å²) in [5, 5.41) is 26.7. The van der Waals surface area contributed by atoms with Crippen LogP contribution in [0.1, 0.15) is 10.4 Å². The first-order valence-corrected chi connectivity index (χ1v) is 7.32. The van der Waals surface area contributed by atoms with E-state index in [1.807, 2.05) is 0 Å².